The number of nitrogens with zero attached hydrogens (tertiary/aromatic N) is 1. The number of rotatable bonds is 5. The monoisotopic (exact) mass is 314 g/mol. The summed E-state index contributed by atoms with van der Waals surface area (Å²) in [7, 11) is -3.65. The number of ether oxygens (including phenoxy) is 2. The van der Waals surface area contributed by atoms with E-state index >= 15 is 0 Å². The van der Waals surface area contributed by atoms with Gasteiger partial charge < -0.3 is 9.47 Å². The first kappa shape index (κ1) is 16.2. The van der Waals surface area contributed by atoms with E-state index in [1.165, 1.54) is 12.1 Å². The maximum Gasteiger partial charge on any atom is 0.238 e. The normalized spacial score (nSPS) is 24.0. The first-order valence-corrected chi connectivity index (χ1v) is 8.52. The zero-order chi connectivity index (χ0) is 15.5. The molecule has 6 nitrogen and oxygen atoms in total. The number of nitrogens with two attached hydrogens (primary N) is 1. The van der Waals surface area contributed by atoms with Gasteiger partial charge in [-0.3, -0.25) is 4.90 Å². The topological polar surface area (TPSA) is 81.9 Å². The summed E-state index contributed by atoms with van der Waals surface area (Å²) < 4.78 is 33.6. The highest BCUT2D eigenvalue weighted by molar-refractivity contribution is 7.89. The molecule has 2 atom stereocenters. The van der Waals surface area contributed by atoms with Crippen molar-refractivity contribution in [2.45, 2.75) is 31.0 Å². The molecule has 1 aromatic carbocycles. The highest BCUT2D eigenvalue weighted by Crippen LogP contribution is 2.15. The number of hydrogen-bond donors (Lipinski definition) is 1. The molecule has 1 aliphatic rings. The zero-order valence-electron chi connectivity index (χ0n) is 12.4. The molecule has 1 aliphatic heterocycles. The second-order valence-electron chi connectivity index (χ2n) is 5.38. The van der Waals surface area contributed by atoms with E-state index in [1.54, 1.807) is 12.1 Å². The molecule has 2 N–H and O–H groups in total. The van der Waals surface area contributed by atoms with Crippen LogP contribution in [-0.4, -0.2) is 51.8 Å². The Hall–Kier alpha value is -1.15. The highest BCUT2D eigenvalue weighted by atomic mass is 32.2. The number of primary sulfonamides is 1. The van der Waals surface area contributed by atoms with Gasteiger partial charge in [-0.05, 0) is 38.1 Å². The number of benzene rings is 1. The molecule has 0 aromatic heterocycles. The van der Waals surface area contributed by atoms with Crippen molar-refractivity contribution in [3.05, 3.63) is 24.3 Å². The predicted molar refractivity (Wildman–Crippen MR) is 79.8 cm³/mol. The minimum atomic E-state index is -3.65. The maximum absolute atomic E-state index is 11.1. The lowest BCUT2D eigenvalue weighted by atomic mass is 10.2. The van der Waals surface area contributed by atoms with Crippen LogP contribution in [0.4, 0.5) is 0 Å². The second-order valence-corrected chi connectivity index (χ2v) is 6.94. The predicted octanol–water partition coefficient (Wildman–Crippen LogP) is 0.822. The van der Waals surface area contributed by atoms with Crippen LogP contribution in [0, 0.1) is 0 Å². The van der Waals surface area contributed by atoms with E-state index in [0.717, 1.165) is 19.6 Å². The number of morpholine rings is 1. The molecule has 7 heteroatoms. The third-order valence-electron chi connectivity index (χ3n) is 3.32. The van der Waals surface area contributed by atoms with Gasteiger partial charge in [0.15, 0.2) is 0 Å². The van der Waals surface area contributed by atoms with Crippen molar-refractivity contribution in [1.29, 1.82) is 0 Å². The van der Waals surface area contributed by atoms with Crippen LogP contribution in [0.25, 0.3) is 0 Å². The molecule has 0 radical (unpaired) electrons. The second kappa shape index (κ2) is 6.74. The van der Waals surface area contributed by atoms with Gasteiger partial charge in [0.2, 0.25) is 10.0 Å². The third-order valence-corrected chi connectivity index (χ3v) is 4.25. The van der Waals surface area contributed by atoms with Gasteiger partial charge in [-0.25, -0.2) is 13.6 Å². The van der Waals surface area contributed by atoms with E-state index in [9.17, 15) is 8.42 Å². The standard InChI is InChI=1S/C14H22N2O4S/c1-11-9-16(10-12(2)20-11)7-8-19-13-3-5-14(6-4-13)21(15,17)18/h3-6,11-12H,7-10H2,1-2H3,(H2,15,17,18). The number of hydrogen-bond acceptors (Lipinski definition) is 5. The quantitative estimate of drug-likeness (QED) is 0.870. The summed E-state index contributed by atoms with van der Waals surface area (Å²) in [6, 6.07) is 6.13. The van der Waals surface area contributed by atoms with Crippen molar-refractivity contribution in [2.24, 2.45) is 5.14 Å². The van der Waals surface area contributed by atoms with Gasteiger partial charge in [-0.1, -0.05) is 0 Å². The fraction of sp³-hybridized carbons (Fsp3) is 0.571. The van der Waals surface area contributed by atoms with Gasteiger partial charge >= 0.3 is 0 Å². The van der Waals surface area contributed by atoms with Gasteiger partial charge in [-0.15, -0.1) is 0 Å². The van der Waals surface area contributed by atoms with Crippen molar-refractivity contribution < 1.29 is 17.9 Å². The molecule has 1 aromatic rings. The lowest BCUT2D eigenvalue weighted by Crippen LogP contribution is -2.46. The molecule has 0 spiro atoms. The first-order valence-electron chi connectivity index (χ1n) is 6.98. The molecule has 2 unspecified atom stereocenters. The average Bonchev–Trinajstić information content (AvgIpc) is 2.37. The Labute approximate surface area is 125 Å². The van der Waals surface area contributed by atoms with Crippen LogP contribution in [-0.2, 0) is 14.8 Å². The van der Waals surface area contributed by atoms with Gasteiger partial charge in [0.05, 0.1) is 17.1 Å². The molecule has 2 rings (SSSR count). The highest BCUT2D eigenvalue weighted by Gasteiger charge is 2.21. The smallest absolute Gasteiger partial charge is 0.238 e. The average molecular weight is 314 g/mol. The molecule has 0 bridgehead atoms. The Morgan fingerprint density at radius 2 is 1.81 bits per heavy atom. The molecule has 0 amide bonds. The minimum absolute atomic E-state index is 0.0886. The van der Waals surface area contributed by atoms with Crippen LogP contribution in [0.3, 0.4) is 0 Å². The Kier molecular flexibility index (Phi) is 5.21. The molecule has 21 heavy (non-hydrogen) atoms. The van der Waals surface area contributed by atoms with E-state index in [4.69, 9.17) is 14.6 Å². The number of sulfonamides is 1. The van der Waals surface area contributed by atoms with Crippen LogP contribution in [0.2, 0.25) is 0 Å². The summed E-state index contributed by atoms with van der Waals surface area (Å²) in [5.41, 5.74) is 0. The van der Waals surface area contributed by atoms with Crippen LogP contribution in [0.1, 0.15) is 13.8 Å². The van der Waals surface area contributed by atoms with E-state index in [2.05, 4.69) is 18.7 Å². The molecule has 0 aliphatic carbocycles. The lowest BCUT2D eigenvalue weighted by Gasteiger charge is -2.35. The van der Waals surface area contributed by atoms with E-state index in [1.807, 2.05) is 0 Å². The Morgan fingerprint density at radius 1 is 1.24 bits per heavy atom. The van der Waals surface area contributed by atoms with Crippen LogP contribution in [0.15, 0.2) is 29.2 Å². The third kappa shape index (κ3) is 4.96. The molecule has 1 heterocycles. The van der Waals surface area contributed by atoms with Gasteiger partial charge in [0, 0.05) is 19.6 Å². The van der Waals surface area contributed by atoms with Crippen LogP contribution >= 0.6 is 0 Å². The summed E-state index contributed by atoms with van der Waals surface area (Å²) in [5.74, 6) is 0.636. The summed E-state index contributed by atoms with van der Waals surface area (Å²) in [6.45, 7) is 7.30. The first-order chi connectivity index (χ1) is 9.84. The molecule has 118 valence electrons. The van der Waals surface area contributed by atoms with Crippen LogP contribution < -0.4 is 9.88 Å². The summed E-state index contributed by atoms with van der Waals surface area (Å²) >= 11 is 0. The Balaban J connectivity index is 1.81. The largest absolute Gasteiger partial charge is 0.492 e. The van der Waals surface area contributed by atoms with E-state index < -0.39 is 10.0 Å². The Bertz CT molecular complexity index is 549. The van der Waals surface area contributed by atoms with Gasteiger partial charge in [0.1, 0.15) is 12.4 Å². The van der Waals surface area contributed by atoms with E-state index in [0.29, 0.717) is 12.4 Å². The molecule has 1 saturated heterocycles. The SMILES string of the molecule is CC1CN(CCOc2ccc(S(N)(=O)=O)cc2)CC(C)O1. The molecule has 0 saturated carbocycles. The van der Waals surface area contributed by atoms with Crippen molar-refractivity contribution in [1.82, 2.24) is 4.90 Å². The zero-order valence-corrected chi connectivity index (χ0v) is 13.2. The van der Waals surface area contributed by atoms with Gasteiger partial charge in [-0.2, -0.15) is 0 Å². The van der Waals surface area contributed by atoms with Crippen molar-refractivity contribution in [2.75, 3.05) is 26.2 Å². The maximum atomic E-state index is 11.1. The van der Waals surface area contributed by atoms with Crippen LogP contribution in [0.5, 0.6) is 5.75 Å². The summed E-state index contributed by atoms with van der Waals surface area (Å²) in [5, 5.41) is 5.04. The lowest BCUT2D eigenvalue weighted by molar-refractivity contribution is -0.0699. The Morgan fingerprint density at radius 3 is 2.33 bits per heavy atom. The molecule has 1 fully saturated rings. The summed E-state index contributed by atoms with van der Waals surface area (Å²) in [6.07, 6.45) is 0.477. The van der Waals surface area contributed by atoms with Crippen molar-refractivity contribution in [3.8, 4) is 5.75 Å². The van der Waals surface area contributed by atoms with Crippen molar-refractivity contribution in [3.63, 3.8) is 0 Å². The molecular formula is C14H22N2O4S. The molecular weight excluding hydrogens is 292 g/mol. The van der Waals surface area contributed by atoms with Gasteiger partial charge in [0.25, 0.3) is 0 Å². The fourth-order valence-corrected chi connectivity index (χ4v) is 3.00. The van der Waals surface area contributed by atoms with Crippen molar-refractivity contribution >= 4 is 10.0 Å². The summed E-state index contributed by atoms with van der Waals surface area (Å²) in [4.78, 5) is 2.39. The fourth-order valence-electron chi connectivity index (χ4n) is 2.49. The minimum Gasteiger partial charge on any atom is -0.492 e. The van der Waals surface area contributed by atoms with E-state index in [-0.39, 0.29) is 17.1 Å².